The van der Waals surface area contributed by atoms with Gasteiger partial charge in [0.15, 0.2) is 0 Å². The van der Waals surface area contributed by atoms with Gasteiger partial charge in [0.25, 0.3) is 0 Å². The van der Waals surface area contributed by atoms with Gasteiger partial charge in [-0.2, -0.15) is 0 Å². The number of rotatable bonds is 7. The van der Waals surface area contributed by atoms with Gasteiger partial charge in [0.05, 0.1) is 17.1 Å². The molecule has 0 heterocycles. The third kappa shape index (κ3) is 5.07. The second-order valence-electron chi connectivity index (χ2n) is 5.54. The summed E-state index contributed by atoms with van der Waals surface area (Å²) in [6.07, 6.45) is 5.17. The highest BCUT2D eigenvalue weighted by molar-refractivity contribution is 7.80. The number of hydrogen-bond donors (Lipinski definition) is 2. The van der Waals surface area contributed by atoms with Crippen LogP contribution in [-0.4, -0.2) is 29.6 Å². The van der Waals surface area contributed by atoms with Crippen molar-refractivity contribution < 1.29 is 9.53 Å². The van der Waals surface area contributed by atoms with Gasteiger partial charge in [0, 0.05) is 13.0 Å². The van der Waals surface area contributed by atoms with Crippen LogP contribution in [0.3, 0.4) is 0 Å². The quantitative estimate of drug-likeness (QED) is 0.556. The van der Waals surface area contributed by atoms with Gasteiger partial charge in [-0.25, -0.2) is 0 Å². The Bertz CT molecular complexity index is 313. The molecule has 0 atom stereocenters. The van der Waals surface area contributed by atoms with Crippen LogP contribution in [0, 0.1) is 5.92 Å². The number of carbonyl (C=O) groups excluding carboxylic acids is 1. The second-order valence-corrected chi connectivity index (χ2v) is 5.98. The fraction of sp³-hybridized carbons (Fsp3) is 0.857. The van der Waals surface area contributed by atoms with Gasteiger partial charge in [-0.3, -0.25) is 4.79 Å². The molecule has 0 bridgehead atoms. The van der Waals surface area contributed by atoms with Crippen LogP contribution in [0.4, 0.5) is 0 Å². The van der Waals surface area contributed by atoms with E-state index in [0.717, 1.165) is 32.1 Å². The van der Waals surface area contributed by atoms with Crippen molar-refractivity contribution in [1.82, 2.24) is 5.32 Å². The highest BCUT2D eigenvalue weighted by Crippen LogP contribution is 2.32. The summed E-state index contributed by atoms with van der Waals surface area (Å²) in [6.45, 7) is 5.43. The van der Waals surface area contributed by atoms with Crippen molar-refractivity contribution in [3.05, 3.63) is 0 Å². The van der Waals surface area contributed by atoms with Crippen LogP contribution in [0.15, 0.2) is 0 Å². The van der Waals surface area contributed by atoms with Crippen molar-refractivity contribution >= 4 is 23.1 Å². The third-order valence-corrected chi connectivity index (χ3v) is 4.19. The molecule has 19 heavy (non-hydrogen) atoms. The first kappa shape index (κ1) is 16.4. The number of nitrogens with two attached hydrogens (primary N) is 1. The van der Waals surface area contributed by atoms with E-state index in [1.807, 2.05) is 6.92 Å². The fourth-order valence-electron chi connectivity index (χ4n) is 2.43. The van der Waals surface area contributed by atoms with E-state index in [9.17, 15) is 4.79 Å². The molecule has 0 aliphatic heterocycles. The maximum absolute atomic E-state index is 12.0. The normalized spacial score (nSPS) is 26.9. The Balaban J connectivity index is 2.45. The molecule has 1 aliphatic rings. The Morgan fingerprint density at radius 1 is 1.42 bits per heavy atom. The van der Waals surface area contributed by atoms with Gasteiger partial charge in [-0.05, 0) is 38.0 Å². The van der Waals surface area contributed by atoms with Crippen LogP contribution < -0.4 is 11.1 Å². The molecule has 110 valence electrons. The van der Waals surface area contributed by atoms with Gasteiger partial charge in [0.1, 0.15) is 0 Å². The molecule has 1 fully saturated rings. The van der Waals surface area contributed by atoms with Crippen molar-refractivity contribution in [1.29, 1.82) is 0 Å². The number of carbonyl (C=O) groups is 1. The third-order valence-electron chi connectivity index (χ3n) is 3.80. The molecule has 0 aromatic rings. The first-order valence-electron chi connectivity index (χ1n) is 7.19. The summed E-state index contributed by atoms with van der Waals surface area (Å²) >= 11 is 5.17. The van der Waals surface area contributed by atoms with Crippen LogP contribution >= 0.6 is 12.2 Å². The minimum absolute atomic E-state index is 0.0153. The minimum atomic E-state index is -0.469. The first-order chi connectivity index (χ1) is 9.00. The molecule has 0 saturated heterocycles. The van der Waals surface area contributed by atoms with Gasteiger partial charge in [-0.15, -0.1) is 0 Å². The van der Waals surface area contributed by atoms with Crippen molar-refractivity contribution in [2.75, 3.05) is 13.2 Å². The van der Waals surface area contributed by atoms with Crippen LogP contribution in [0.2, 0.25) is 0 Å². The molecule has 3 N–H and O–H groups in total. The molecule has 1 amide bonds. The molecule has 0 spiro atoms. The van der Waals surface area contributed by atoms with Gasteiger partial charge in [0.2, 0.25) is 5.91 Å². The minimum Gasteiger partial charge on any atom is -0.391 e. The number of nitrogens with one attached hydrogen (secondary N) is 1. The summed E-state index contributed by atoms with van der Waals surface area (Å²) in [6, 6.07) is 0. The summed E-state index contributed by atoms with van der Waals surface area (Å²) in [7, 11) is 0. The molecule has 4 nitrogen and oxygen atoms in total. The van der Waals surface area contributed by atoms with Crippen molar-refractivity contribution in [2.45, 2.75) is 57.9 Å². The standard InChI is InChI=1S/C14H26N2O2S/c1-3-9-18-10-6-12(17)16-14(13(15)19)7-4-11(2)5-8-14/h11H,3-10H2,1-2H3,(H2,15,19)(H,16,17). The maximum atomic E-state index is 12.0. The lowest BCUT2D eigenvalue weighted by molar-refractivity contribution is -0.123. The Kier molecular flexibility index (Phi) is 6.72. The molecule has 1 aliphatic carbocycles. The number of thiocarbonyl (C=S) groups is 1. The smallest absolute Gasteiger partial charge is 0.223 e. The van der Waals surface area contributed by atoms with Crippen LogP contribution in [0.1, 0.15) is 52.4 Å². The summed E-state index contributed by atoms with van der Waals surface area (Å²) in [5.74, 6) is 0.672. The van der Waals surface area contributed by atoms with Gasteiger partial charge >= 0.3 is 0 Å². The fourth-order valence-corrected chi connectivity index (χ4v) is 2.68. The Hall–Kier alpha value is -0.680. The molecule has 1 saturated carbocycles. The predicted molar refractivity (Wildman–Crippen MR) is 81.0 cm³/mol. The number of ether oxygens (including phenoxy) is 1. The molecule has 0 unspecified atom stereocenters. The van der Waals surface area contributed by atoms with Gasteiger partial charge in [-0.1, -0.05) is 26.1 Å². The van der Waals surface area contributed by atoms with Crippen molar-refractivity contribution in [3.63, 3.8) is 0 Å². The SMILES string of the molecule is CCCOCCC(=O)NC1(C(N)=S)CCC(C)CC1. The van der Waals surface area contributed by atoms with E-state index in [0.29, 0.717) is 30.5 Å². The van der Waals surface area contributed by atoms with E-state index >= 15 is 0 Å². The Labute approximate surface area is 121 Å². The highest BCUT2D eigenvalue weighted by Gasteiger charge is 2.38. The second kappa shape index (κ2) is 7.80. The Morgan fingerprint density at radius 2 is 2.05 bits per heavy atom. The molecule has 5 heteroatoms. The van der Waals surface area contributed by atoms with Crippen molar-refractivity contribution in [3.8, 4) is 0 Å². The number of hydrogen-bond acceptors (Lipinski definition) is 3. The average molecular weight is 286 g/mol. The van der Waals surface area contributed by atoms with Crippen molar-refractivity contribution in [2.24, 2.45) is 11.7 Å². The van der Waals surface area contributed by atoms with E-state index in [2.05, 4.69) is 12.2 Å². The molecular weight excluding hydrogens is 260 g/mol. The van der Waals surface area contributed by atoms with E-state index in [1.165, 1.54) is 0 Å². The van der Waals surface area contributed by atoms with E-state index < -0.39 is 5.54 Å². The molecule has 1 rings (SSSR count). The first-order valence-corrected chi connectivity index (χ1v) is 7.59. The highest BCUT2D eigenvalue weighted by atomic mass is 32.1. The zero-order valence-corrected chi connectivity index (χ0v) is 12.9. The summed E-state index contributed by atoms with van der Waals surface area (Å²) in [5.41, 5.74) is 5.39. The van der Waals surface area contributed by atoms with E-state index in [-0.39, 0.29) is 5.91 Å². The molecular formula is C14H26N2O2S. The lowest BCUT2D eigenvalue weighted by Gasteiger charge is -2.39. The van der Waals surface area contributed by atoms with E-state index in [1.54, 1.807) is 0 Å². The lowest BCUT2D eigenvalue weighted by atomic mass is 9.77. The zero-order chi connectivity index (χ0) is 14.3. The molecule has 0 aromatic heterocycles. The lowest BCUT2D eigenvalue weighted by Crippen LogP contribution is -2.58. The average Bonchev–Trinajstić information content (AvgIpc) is 2.37. The van der Waals surface area contributed by atoms with Crippen LogP contribution in [0.5, 0.6) is 0 Å². The molecule has 0 radical (unpaired) electrons. The molecule has 0 aromatic carbocycles. The van der Waals surface area contributed by atoms with E-state index in [4.69, 9.17) is 22.7 Å². The Morgan fingerprint density at radius 3 is 2.58 bits per heavy atom. The topological polar surface area (TPSA) is 64.3 Å². The van der Waals surface area contributed by atoms with Crippen LogP contribution in [0.25, 0.3) is 0 Å². The predicted octanol–water partition coefficient (Wildman–Crippen LogP) is 2.15. The maximum Gasteiger partial charge on any atom is 0.223 e. The zero-order valence-electron chi connectivity index (χ0n) is 12.0. The summed E-state index contributed by atoms with van der Waals surface area (Å²) in [4.78, 5) is 12.4. The monoisotopic (exact) mass is 286 g/mol. The largest absolute Gasteiger partial charge is 0.391 e. The number of amides is 1. The van der Waals surface area contributed by atoms with Gasteiger partial charge < -0.3 is 15.8 Å². The van der Waals surface area contributed by atoms with Crippen LogP contribution in [-0.2, 0) is 9.53 Å². The summed E-state index contributed by atoms with van der Waals surface area (Å²) < 4.78 is 5.33. The summed E-state index contributed by atoms with van der Waals surface area (Å²) in [5, 5.41) is 3.04.